The first-order valence-corrected chi connectivity index (χ1v) is 5.88. The van der Waals surface area contributed by atoms with Crippen molar-refractivity contribution >= 4 is 11.6 Å². The van der Waals surface area contributed by atoms with E-state index in [-0.39, 0.29) is 11.2 Å². The lowest BCUT2D eigenvalue weighted by atomic mass is 10.2. The number of halogens is 2. The fourth-order valence-corrected chi connectivity index (χ4v) is 1.63. The molecule has 17 heavy (non-hydrogen) atoms. The molecule has 0 spiro atoms. The maximum absolute atomic E-state index is 13.1. The largest absolute Gasteiger partial charge is 0.220 e. The summed E-state index contributed by atoms with van der Waals surface area (Å²) >= 11 is 6.07. The molecule has 5 heteroatoms. The highest BCUT2D eigenvalue weighted by Crippen LogP contribution is 2.22. The lowest BCUT2D eigenvalue weighted by Crippen LogP contribution is -1.96. The van der Waals surface area contributed by atoms with Gasteiger partial charge in [0.05, 0.1) is 17.3 Å². The van der Waals surface area contributed by atoms with Gasteiger partial charge in [-0.25, -0.2) is 9.07 Å². The monoisotopic (exact) mass is 253 g/mol. The van der Waals surface area contributed by atoms with E-state index in [9.17, 15) is 4.39 Å². The average Bonchev–Trinajstić information content (AvgIpc) is 2.81. The molecule has 0 amide bonds. The van der Waals surface area contributed by atoms with E-state index >= 15 is 0 Å². The van der Waals surface area contributed by atoms with Crippen LogP contribution in [0.2, 0.25) is 0 Å². The Bertz CT molecular complexity index is 524. The molecular formula is C12H13ClFN3. The lowest BCUT2D eigenvalue weighted by Gasteiger charge is -2.02. The number of hydrogen-bond acceptors (Lipinski definition) is 2. The van der Waals surface area contributed by atoms with Crippen molar-refractivity contribution in [3.05, 3.63) is 41.5 Å². The van der Waals surface area contributed by atoms with Gasteiger partial charge in [0, 0.05) is 0 Å². The van der Waals surface area contributed by atoms with Gasteiger partial charge in [-0.1, -0.05) is 12.1 Å². The van der Waals surface area contributed by atoms with Gasteiger partial charge in [-0.2, -0.15) is 0 Å². The second kappa shape index (κ2) is 4.84. The minimum Gasteiger partial charge on any atom is -0.220 e. The summed E-state index contributed by atoms with van der Waals surface area (Å²) in [6, 6.07) is 4.81. The van der Waals surface area contributed by atoms with Gasteiger partial charge in [-0.05, 0) is 37.1 Å². The number of benzene rings is 1. The molecule has 1 aromatic heterocycles. The molecule has 0 aliphatic rings. The highest BCUT2D eigenvalue weighted by atomic mass is 35.5. The van der Waals surface area contributed by atoms with Gasteiger partial charge in [0.25, 0.3) is 0 Å². The van der Waals surface area contributed by atoms with Crippen LogP contribution in [-0.2, 0) is 0 Å². The van der Waals surface area contributed by atoms with Gasteiger partial charge >= 0.3 is 0 Å². The first kappa shape index (κ1) is 12.0. The van der Waals surface area contributed by atoms with Crippen molar-refractivity contribution in [1.29, 1.82) is 0 Å². The number of nitrogens with zero attached hydrogens (tertiary/aromatic N) is 3. The molecule has 1 atom stereocenters. The molecule has 3 nitrogen and oxygen atoms in total. The second-order valence-electron chi connectivity index (χ2n) is 3.90. The van der Waals surface area contributed by atoms with Crippen molar-refractivity contribution in [2.45, 2.75) is 25.6 Å². The van der Waals surface area contributed by atoms with E-state index in [1.54, 1.807) is 29.9 Å². The standard InChI is InChI=1S/C12H13ClFN3/c1-3-10(13)12-7-17(16-15-12)9-4-5-11(14)8(2)6-9/h4-7,10H,3H2,1-2H3. The highest BCUT2D eigenvalue weighted by Gasteiger charge is 2.11. The molecule has 2 rings (SSSR count). The van der Waals surface area contributed by atoms with E-state index in [0.717, 1.165) is 17.8 Å². The average molecular weight is 254 g/mol. The van der Waals surface area contributed by atoms with Crippen molar-refractivity contribution in [2.75, 3.05) is 0 Å². The third-order valence-corrected chi connectivity index (χ3v) is 3.13. The van der Waals surface area contributed by atoms with Crippen LogP contribution in [0, 0.1) is 12.7 Å². The van der Waals surface area contributed by atoms with Crippen molar-refractivity contribution in [1.82, 2.24) is 15.0 Å². The third-order valence-electron chi connectivity index (χ3n) is 2.60. The summed E-state index contributed by atoms with van der Waals surface area (Å²) in [5.74, 6) is -0.224. The Hall–Kier alpha value is -1.42. The predicted molar refractivity (Wildman–Crippen MR) is 64.9 cm³/mol. The van der Waals surface area contributed by atoms with E-state index < -0.39 is 0 Å². The molecule has 1 aromatic carbocycles. The summed E-state index contributed by atoms with van der Waals surface area (Å²) in [7, 11) is 0. The number of aromatic nitrogens is 3. The summed E-state index contributed by atoms with van der Waals surface area (Å²) in [5, 5.41) is 7.85. The zero-order chi connectivity index (χ0) is 12.4. The van der Waals surface area contributed by atoms with Crippen LogP contribution in [0.15, 0.2) is 24.4 Å². The second-order valence-corrected chi connectivity index (χ2v) is 4.42. The molecule has 1 heterocycles. The molecule has 0 N–H and O–H groups in total. The van der Waals surface area contributed by atoms with Crippen LogP contribution in [0.5, 0.6) is 0 Å². The first-order valence-electron chi connectivity index (χ1n) is 5.44. The lowest BCUT2D eigenvalue weighted by molar-refractivity contribution is 0.617. The van der Waals surface area contributed by atoms with Crippen LogP contribution >= 0.6 is 11.6 Å². The highest BCUT2D eigenvalue weighted by molar-refractivity contribution is 6.20. The van der Waals surface area contributed by atoms with Crippen molar-refractivity contribution in [2.24, 2.45) is 0 Å². The molecule has 0 bridgehead atoms. The number of alkyl halides is 1. The van der Waals surface area contributed by atoms with Crippen LogP contribution in [0.3, 0.4) is 0 Å². The van der Waals surface area contributed by atoms with Crippen LogP contribution < -0.4 is 0 Å². The van der Waals surface area contributed by atoms with Crippen LogP contribution in [0.4, 0.5) is 4.39 Å². The minimum absolute atomic E-state index is 0.134. The van der Waals surface area contributed by atoms with E-state index in [0.29, 0.717) is 5.56 Å². The zero-order valence-electron chi connectivity index (χ0n) is 9.69. The van der Waals surface area contributed by atoms with Crippen LogP contribution in [-0.4, -0.2) is 15.0 Å². The minimum atomic E-state index is -0.224. The summed E-state index contributed by atoms with van der Waals surface area (Å²) in [6.07, 6.45) is 2.57. The summed E-state index contributed by atoms with van der Waals surface area (Å²) < 4.78 is 14.7. The first-order chi connectivity index (χ1) is 8.11. The molecule has 0 saturated carbocycles. The van der Waals surface area contributed by atoms with Gasteiger partial charge in [0.1, 0.15) is 11.5 Å². The molecular weight excluding hydrogens is 241 g/mol. The third kappa shape index (κ3) is 2.47. The van der Waals surface area contributed by atoms with E-state index in [2.05, 4.69) is 10.3 Å². The number of aryl methyl sites for hydroxylation is 1. The molecule has 90 valence electrons. The number of rotatable bonds is 3. The van der Waals surface area contributed by atoms with E-state index in [1.165, 1.54) is 6.07 Å². The molecule has 0 aliphatic carbocycles. The summed E-state index contributed by atoms with van der Waals surface area (Å²) in [5.41, 5.74) is 2.09. The molecule has 2 aromatic rings. The van der Waals surface area contributed by atoms with Crippen molar-refractivity contribution in [3.8, 4) is 5.69 Å². The Morgan fingerprint density at radius 3 is 2.88 bits per heavy atom. The van der Waals surface area contributed by atoms with Gasteiger partial charge in [0.2, 0.25) is 0 Å². The van der Waals surface area contributed by atoms with Crippen LogP contribution in [0.1, 0.15) is 30.0 Å². The number of hydrogen-bond donors (Lipinski definition) is 0. The topological polar surface area (TPSA) is 30.7 Å². The summed E-state index contributed by atoms with van der Waals surface area (Å²) in [4.78, 5) is 0. The maximum atomic E-state index is 13.1. The molecule has 1 unspecified atom stereocenters. The maximum Gasteiger partial charge on any atom is 0.126 e. The van der Waals surface area contributed by atoms with Gasteiger partial charge in [-0.3, -0.25) is 0 Å². The van der Waals surface area contributed by atoms with Gasteiger partial charge in [0.15, 0.2) is 0 Å². The van der Waals surface area contributed by atoms with Crippen molar-refractivity contribution < 1.29 is 4.39 Å². The Labute approximate surface area is 104 Å². The molecule has 0 aliphatic heterocycles. The molecule has 0 saturated heterocycles. The Morgan fingerprint density at radius 1 is 1.47 bits per heavy atom. The Balaban J connectivity index is 2.33. The Kier molecular flexibility index (Phi) is 3.43. The van der Waals surface area contributed by atoms with Crippen LogP contribution in [0.25, 0.3) is 5.69 Å². The smallest absolute Gasteiger partial charge is 0.126 e. The molecule has 0 fully saturated rings. The fourth-order valence-electron chi connectivity index (χ4n) is 1.53. The fraction of sp³-hybridized carbons (Fsp3) is 0.333. The van der Waals surface area contributed by atoms with E-state index in [1.807, 2.05) is 6.92 Å². The Morgan fingerprint density at radius 2 is 2.24 bits per heavy atom. The van der Waals surface area contributed by atoms with E-state index in [4.69, 9.17) is 11.6 Å². The van der Waals surface area contributed by atoms with Gasteiger partial charge < -0.3 is 0 Å². The normalized spacial score (nSPS) is 12.7. The SMILES string of the molecule is CCC(Cl)c1cn(-c2ccc(F)c(C)c2)nn1. The van der Waals surface area contributed by atoms with Gasteiger partial charge in [-0.15, -0.1) is 16.7 Å². The zero-order valence-corrected chi connectivity index (χ0v) is 10.4. The molecule has 0 radical (unpaired) electrons. The predicted octanol–water partition coefficient (Wildman–Crippen LogP) is 3.40. The van der Waals surface area contributed by atoms with Crippen molar-refractivity contribution in [3.63, 3.8) is 0 Å². The quantitative estimate of drug-likeness (QED) is 0.785. The summed E-state index contributed by atoms with van der Waals surface area (Å²) in [6.45, 7) is 3.70.